The van der Waals surface area contributed by atoms with Crippen LogP contribution in [0, 0.1) is 22.2 Å². The molecular weight excluding hydrogens is 184 g/mol. The van der Waals surface area contributed by atoms with E-state index >= 15 is 0 Å². The lowest BCUT2D eigenvalue weighted by Gasteiger charge is -2.40. The molecule has 0 aromatic heterocycles. The first kappa shape index (κ1) is 11.4. The van der Waals surface area contributed by atoms with E-state index in [1.54, 1.807) is 0 Å². The Morgan fingerprint density at radius 1 is 1.13 bits per heavy atom. The third kappa shape index (κ3) is 0.906. The summed E-state index contributed by atoms with van der Waals surface area (Å²) < 4.78 is 0. The molecule has 1 N–H and O–H groups in total. The summed E-state index contributed by atoms with van der Waals surface area (Å²) in [7, 11) is 0. The fourth-order valence-corrected chi connectivity index (χ4v) is 4.74. The van der Waals surface area contributed by atoms with Crippen molar-refractivity contribution in [2.24, 2.45) is 22.2 Å². The van der Waals surface area contributed by atoms with Crippen LogP contribution in [0.15, 0.2) is 0 Å². The molecule has 2 fully saturated rings. The van der Waals surface area contributed by atoms with Gasteiger partial charge in [-0.25, -0.2) is 0 Å². The molecule has 0 bridgehead atoms. The van der Waals surface area contributed by atoms with Gasteiger partial charge in [0.25, 0.3) is 0 Å². The highest BCUT2D eigenvalue weighted by Crippen LogP contribution is 2.80. The molecule has 0 aromatic rings. The van der Waals surface area contributed by atoms with E-state index in [1.165, 1.54) is 19.3 Å². The number of hydrogen-bond acceptors (Lipinski definition) is 1. The highest BCUT2D eigenvalue weighted by atomic mass is 16.3. The van der Waals surface area contributed by atoms with E-state index < -0.39 is 5.60 Å². The summed E-state index contributed by atoms with van der Waals surface area (Å²) in [5.74, 6) is 0.396. The van der Waals surface area contributed by atoms with Crippen LogP contribution in [0.5, 0.6) is 0 Å². The lowest BCUT2D eigenvalue weighted by Crippen LogP contribution is -2.43. The van der Waals surface area contributed by atoms with E-state index in [0.29, 0.717) is 16.7 Å². The van der Waals surface area contributed by atoms with Gasteiger partial charge in [-0.05, 0) is 48.3 Å². The lowest BCUT2D eigenvalue weighted by molar-refractivity contribution is -0.0716. The van der Waals surface area contributed by atoms with Crippen molar-refractivity contribution in [1.29, 1.82) is 0 Å². The van der Waals surface area contributed by atoms with Crippen LogP contribution in [0.4, 0.5) is 0 Å². The van der Waals surface area contributed by atoms with Crippen molar-refractivity contribution >= 4 is 0 Å². The Morgan fingerprint density at radius 3 is 1.87 bits per heavy atom. The number of hydrogen-bond donors (Lipinski definition) is 1. The highest BCUT2D eigenvalue weighted by Gasteiger charge is 2.77. The predicted octanol–water partition coefficient (Wildman–Crippen LogP) is 3.61. The van der Waals surface area contributed by atoms with Gasteiger partial charge in [0.1, 0.15) is 0 Å². The summed E-state index contributed by atoms with van der Waals surface area (Å²) in [6, 6.07) is 0. The summed E-state index contributed by atoms with van der Waals surface area (Å²) in [6.45, 7) is 13.5. The van der Waals surface area contributed by atoms with Crippen LogP contribution >= 0.6 is 0 Å². The quantitative estimate of drug-likeness (QED) is 0.701. The van der Waals surface area contributed by atoms with E-state index in [9.17, 15) is 5.11 Å². The Labute approximate surface area is 94.3 Å². The molecule has 2 aliphatic rings. The van der Waals surface area contributed by atoms with Gasteiger partial charge in [-0.1, -0.05) is 34.6 Å². The standard InChI is InChI=1S/C14H26O/c1-7-12(5)10(2)13(6,15)11(3,4)14(12)8-9-14/h10,15H,7-9H2,1-6H3. The molecule has 15 heavy (non-hydrogen) atoms. The van der Waals surface area contributed by atoms with Crippen LogP contribution < -0.4 is 0 Å². The van der Waals surface area contributed by atoms with Gasteiger partial charge in [-0.3, -0.25) is 0 Å². The van der Waals surface area contributed by atoms with Crippen LogP contribution in [0.25, 0.3) is 0 Å². The zero-order valence-electron chi connectivity index (χ0n) is 11.1. The van der Waals surface area contributed by atoms with Gasteiger partial charge in [0.2, 0.25) is 0 Å². The molecule has 0 radical (unpaired) electrons. The topological polar surface area (TPSA) is 20.2 Å². The fourth-order valence-electron chi connectivity index (χ4n) is 4.74. The first-order chi connectivity index (χ1) is 6.67. The smallest absolute Gasteiger partial charge is 0.0706 e. The fraction of sp³-hybridized carbons (Fsp3) is 1.00. The number of aliphatic hydroxyl groups is 1. The van der Waals surface area contributed by atoms with E-state index in [-0.39, 0.29) is 5.41 Å². The third-order valence-corrected chi connectivity index (χ3v) is 6.84. The monoisotopic (exact) mass is 210 g/mol. The van der Waals surface area contributed by atoms with Gasteiger partial charge in [0, 0.05) is 0 Å². The Morgan fingerprint density at radius 2 is 1.60 bits per heavy atom. The largest absolute Gasteiger partial charge is 0.389 e. The van der Waals surface area contributed by atoms with Gasteiger partial charge < -0.3 is 5.11 Å². The Bertz CT molecular complexity index is 286. The minimum atomic E-state index is -0.520. The Hall–Kier alpha value is -0.0400. The molecule has 2 saturated carbocycles. The third-order valence-electron chi connectivity index (χ3n) is 6.84. The van der Waals surface area contributed by atoms with Crippen LogP contribution in [0.2, 0.25) is 0 Å². The highest BCUT2D eigenvalue weighted by molar-refractivity contribution is 5.26. The maximum Gasteiger partial charge on any atom is 0.0706 e. The van der Waals surface area contributed by atoms with Crippen molar-refractivity contribution in [3.63, 3.8) is 0 Å². The summed E-state index contributed by atoms with van der Waals surface area (Å²) in [5.41, 5.74) is 0.260. The molecule has 1 heteroatoms. The molecule has 0 heterocycles. The van der Waals surface area contributed by atoms with Crippen molar-refractivity contribution < 1.29 is 5.11 Å². The van der Waals surface area contributed by atoms with E-state index in [4.69, 9.17) is 0 Å². The first-order valence-electron chi connectivity index (χ1n) is 6.40. The molecule has 0 aliphatic heterocycles. The summed E-state index contributed by atoms with van der Waals surface area (Å²) >= 11 is 0. The van der Waals surface area contributed by atoms with Crippen molar-refractivity contribution in [2.75, 3.05) is 0 Å². The lowest BCUT2D eigenvalue weighted by atomic mass is 9.64. The average molecular weight is 210 g/mol. The molecule has 1 spiro atoms. The minimum Gasteiger partial charge on any atom is -0.389 e. The van der Waals surface area contributed by atoms with Crippen LogP contribution in [0.3, 0.4) is 0 Å². The summed E-state index contributed by atoms with van der Waals surface area (Å²) in [6.07, 6.45) is 3.81. The summed E-state index contributed by atoms with van der Waals surface area (Å²) in [5, 5.41) is 10.8. The second kappa shape index (κ2) is 2.61. The number of rotatable bonds is 1. The van der Waals surface area contributed by atoms with Gasteiger partial charge in [0.15, 0.2) is 0 Å². The SMILES string of the molecule is CCC1(C)C(C)C(C)(O)C(C)(C)C12CC2. The average Bonchev–Trinajstić information content (AvgIpc) is 2.94. The molecule has 0 saturated heterocycles. The van der Waals surface area contributed by atoms with Gasteiger partial charge in [-0.15, -0.1) is 0 Å². The van der Waals surface area contributed by atoms with Crippen molar-refractivity contribution in [1.82, 2.24) is 0 Å². The maximum atomic E-state index is 10.8. The van der Waals surface area contributed by atoms with E-state index in [0.717, 1.165) is 0 Å². The molecule has 1 nitrogen and oxygen atoms in total. The molecular formula is C14H26O. The minimum absolute atomic E-state index is 0.0597. The van der Waals surface area contributed by atoms with E-state index in [1.807, 2.05) is 0 Å². The maximum absolute atomic E-state index is 10.8. The molecule has 2 rings (SSSR count). The van der Waals surface area contributed by atoms with Crippen LogP contribution in [-0.4, -0.2) is 10.7 Å². The Kier molecular flexibility index (Phi) is 1.99. The molecule has 0 amide bonds. The molecule has 3 atom stereocenters. The summed E-state index contributed by atoms with van der Waals surface area (Å²) in [4.78, 5) is 0. The van der Waals surface area contributed by atoms with Crippen molar-refractivity contribution in [3.8, 4) is 0 Å². The Balaban J connectivity index is 2.56. The van der Waals surface area contributed by atoms with Crippen molar-refractivity contribution in [3.05, 3.63) is 0 Å². The van der Waals surface area contributed by atoms with E-state index in [2.05, 4.69) is 41.5 Å². The predicted molar refractivity (Wildman–Crippen MR) is 63.6 cm³/mol. The van der Waals surface area contributed by atoms with Gasteiger partial charge >= 0.3 is 0 Å². The first-order valence-corrected chi connectivity index (χ1v) is 6.40. The van der Waals surface area contributed by atoms with Gasteiger partial charge in [0.05, 0.1) is 5.60 Å². The molecule has 3 unspecified atom stereocenters. The molecule has 88 valence electrons. The van der Waals surface area contributed by atoms with Crippen LogP contribution in [-0.2, 0) is 0 Å². The molecule has 0 aromatic carbocycles. The zero-order chi connectivity index (χ0) is 11.7. The normalized spacial score (nSPS) is 51.0. The second-order valence-corrected chi connectivity index (χ2v) is 6.85. The second-order valence-electron chi connectivity index (χ2n) is 6.85. The van der Waals surface area contributed by atoms with Gasteiger partial charge in [-0.2, -0.15) is 0 Å². The van der Waals surface area contributed by atoms with Crippen LogP contribution in [0.1, 0.15) is 60.8 Å². The van der Waals surface area contributed by atoms with Crippen molar-refractivity contribution in [2.45, 2.75) is 66.4 Å². The zero-order valence-corrected chi connectivity index (χ0v) is 11.1. The molecule has 2 aliphatic carbocycles.